The first-order chi connectivity index (χ1) is 14.9. The van der Waals surface area contributed by atoms with Gasteiger partial charge in [-0.15, -0.1) is 0 Å². The van der Waals surface area contributed by atoms with Gasteiger partial charge in [-0.25, -0.2) is 5.06 Å². The van der Waals surface area contributed by atoms with Crippen LogP contribution in [0.4, 0.5) is 0 Å². The Bertz CT molecular complexity index is 970. The maximum atomic E-state index is 12.8. The Morgan fingerprint density at radius 3 is 2.58 bits per heavy atom. The largest absolute Gasteiger partial charge is 0.391 e. The number of aliphatic hydroxyl groups is 1. The van der Waals surface area contributed by atoms with Crippen molar-refractivity contribution in [2.75, 3.05) is 20.7 Å². The average Bonchev–Trinajstić information content (AvgIpc) is 3.13. The summed E-state index contributed by atoms with van der Waals surface area (Å²) >= 11 is 0. The van der Waals surface area contributed by atoms with Crippen molar-refractivity contribution < 1.29 is 14.7 Å². The van der Waals surface area contributed by atoms with Crippen LogP contribution in [-0.2, 0) is 16.1 Å². The molecular weight excluding hydrogens is 388 g/mol. The van der Waals surface area contributed by atoms with E-state index in [-0.39, 0.29) is 18.0 Å². The van der Waals surface area contributed by atoms with Crippen molar-refractivity contribution >= 4 is 5.91 Å². The molecule has 0 saturated carbocycles. The zero-order valence-electron chi connectivity index (χ0n) is 18.8. The molecule has 0 saturated heterocycles. The Morgan fingerprint density at radius 1 is 1.16 bits per heavy atom. The van der Waals surface area contributed by atoms with Crippen LogP contribution in [0.15, 0.2) is 60.2 Å². The van der Waals surface area contributed by atoms with E-state index in [4.69, 9.17) is 4.84 Å². The van der Waals surface area contributed by atoms with E-state index in [1.165, 1.54) is 28.9 Å². The van der Waals surface area contributed by atoms with Gasteiger partial charge in [0.2, 0.25) is 0 Å². The maximum absolute atomic E-state index is 12.8. The molecule has 0 bridgehead atoms. The van der Waals surface area contributed by atoms with Crippen molar-refractivity contribution in [2.24, 2.45) is 0 Å². The number of rotatable bonds is 5. The molecule has 31 heavy (non-hydrogen) atoms. The minimum atomic E-state index is -0.464. The highest BCUT2D eigenvalue weighted by atomic mass is 16.7. The van der Waals surface area contributed by atoms with E-state index in [0.29, 0.717) is 25.3 Å². The van der Waals surface area contributed by atoms with Gasteiger partial charge >= 0.3 is 0 Å². The van der Waals surface area contributed by atoms with Crippen LogP contribution in [0.3, 0.4) is 0 Å². The zero-order chi connectivity index (χ0) is 22.1. The van der Waals surface area contributed by atoms with E-state index < -0.39 is 6.10 Å². The van der Waals surface area contributed by atoms with Crippen molar-refractivity contribution in [3.8, 4) is 0 Å². The molecule has 1 amide bonds. The number of benzene rings is 2. The first-order valence-corrected chi connectivity index (χ1v) is 11.1. The van der Waals surface area contributed by atoms with Gasteiger partial charge in [0.1, 0.15) is 0 Å². The van der Waals surface area contributed by atoms with E-state index in [0.717, 1.165) is 11.1 Å². The second kappa shape index (κ2) is 8.95. The SMILES string of the molecule is CON(C)C(=O)C1=C[C@@H](c2ccccc2)N([C@H]2c3c(cccc3C(C)C)C[C@H]2O)CC1. The summed E-state index contributed by atoms with van der Waals surface area (Å²) in [6.45, 7) is 5.11. The molecule has 164 valence electrons. The van der Waals surface area contributed by atoms with Crippen LogP contribution in [-0.4, -0.2) is 47.8 Å². The van der Waals surface area contributed by atoms with Crippen LogP contribution < -0.4 is 0 Å². The van der Waals surface area contributed by atoms with Gasteiger partial charge in [0.15, 0.2) is 0 Å². The highest BCUT2D eigenvalue weighted by molar-refractivity contribution is 5.92. The number of likely N-dealkylation sites (N-methyl/N-ethyl adjacent to an activating group) is 1. The second-order valence-electron chi connectivity index (χ2n) is 8.81. The summed E-state index contributed by atoms with van der Waals surface area (Å²) in [5, 5.41) is 12.5. The van der Waals surface area contributed by atoms with Crippen molar-refractivity contribution in [1.82, 2.24) is 9.96 Å². The fraction of sp³-hybridized carbons (Fsp3) is 0.423. The number of carbonyl (C=O) groups excluding carboxylic acids is 1. The molecular formula is C26H32N2O3. The molecule has 1 aliphatic carbocycles. The Morgan fingerprint density at radius 2 is 1.90 bits per heavy atom. The molecule has 3 atom stereocenters. The summed E-state index contributed by atoms with van der Waals surface area (Å²) in [6, 6.07) is 16.5. The number of aliphatic hydroxyl groups excluding tert-OH is 1. The second-order valence-corrected chi connectivity index (χ2v) is 8.81. The van der Waals surface area contributed by atoms with E-state index >= 15 is 0 Å². The monoisotopic (exact) mass is 420 g/mol. The molecule has 0 unspecified atom stereocenters. The number of nitrogens with zero attached hydrogens (tertiary/aromatic N) is 2. The molecule has 0 aromatic heterocycles. The summed E-state index contributed by atoms with van der Waals surface area (Å²) in [7, 11) is 3.14. The lowest BCUT2D eigenvalue weighted by atomic mass is 9.88. The number of hydroxylamine groups is 2. The van der Waals surface area contributed by atoms with Gasteiger partial charge < -0.3 is 5.11 Å². The normalized spacial score (nSPS) is 23.5. The molecule has 5 nitrogen and oxygen atoms in total. The highest BCUT2D eigenvalue weighted by Crippen LogP contribution is 2.45. The van der Waals surface area contributed by atoms with Crippen LogP contribution in [0, 0.1) is 0 Å². The molecule has 2 aromatic rings. The molecule has 0 spiro atoms. The Labute approximate surface area is 184 Å². The Hall–Kier alpha value is -2.47. The maximum Gasteiger partial charge on any atom is 0.272 e. The van der Waals surface area contributed by atoms with Crippen LogP contribution in [0.5, 0.6) is 0 Å². The Balaban J connectivity index is 1.79. The molecule has 2 aliphatic rings. The van der Waals surface area contributed by atoms with E-state index in [1.54, 1.807) is 7.05 Å². The summed E-state index contributed by atoms with van der Waals surface area (Å²) in [5.74, 6) is 0.268. The van der Waals surface area contributed by atoms with Gasteiger partial charge in [-0.05, 0) is 34.6 Å². The van der Waals surface area contributed by atoms with Gasteiger partial charge in [0, 0.05) is 25.6 Å². The lowest BCUT2D eigenvalue weighted by Gasteiger charge is -2.41. The van der Waals surface area contributed by atoms with Crippen molar-refractivity contribution in [1.29, 1.82) is 0 Å². The summed E-state index contributed by atoms with van der Waals surface area (Å²) in [6.07, 6.45) is 2.88. The summed E-state index contributed by atoms with van der Waals surface area (Å²) in [5.41, 5.74) is 5.67. The summed E-state index contributed by atoms with van der Waals surface area (Å²) < 4.78 is 0. The number of carbonyl (C=O) groups is 1. The predicted octanol–water partition coefficient (Wildman–Crippen LogP) is 4.16. The average molecular weight is 421 g/mol. The first-order valence-electron chi connectivity index (χ1n) is 11.1. The fourth-order valence-corrected chi connectivity index (χ4v) is 5.06. The molecule has 1 heterocycles. The van der Waals surface area contributed by atoms with Gasteiger partial charge in [-0.1, -0.05) is 68.5 Å². The summed E-state index contributed by atoms with van der Waals surface area (Å²) in [4.78, 5) is 20.3. The first kappa shape index (κ1) is 21.8. The third kappa shape index (κ3) is 4.05. The van der Waals surface area contributed by atoms with E-state index in [1.807, 2.05) is 18.2 Å². The third-order valence-corrected chi connectivity index (χ3v) is 6.63. The van der Waals surface area contributed by atoms with Crippen LogP contribution >= 0.6 is 0 Å². The molecule has 0 fully saturated rings. The van der Waals surface area contributed by atoms with Crippen molar-refractivity contribution in [3.05, 3.63) is 82.4 Å². The molecule has 1 N–H and O–H groups in total. The number of hydrogen-bond donors (Lipinski definition) is 1. The number of amides is 1. The molecule has 1 aliphatic heterocycles. The van der Waals surface area contributed by atoms with Gasteiger partial charge in [-0.3, -0.25) is 14.5 Å². The van der Waals surface area contributed by atoms with Gasteiger partial charge in [0.25, 0.3) is 5.91 Å². The minimum absolute atomic E-state index is 0.0909. The fourth-order valence-electron chi connectivity index (χ4n) is 5.06. The number of fused-ring (bicyclic) bond motifs is 1. The molecule has 2 aromatic carbocycles. The van der Waals surface area contributed by atoms with E-state index in [2.05, 4.69) is 55.2 Å². The topological polar surface area (TPSA) is 53.0 Å². The van der Waals surface area contributed by atoms with Gasteiger partial charge in [-0.2, -0.15) is 0 Å². The number of hydrogen-bond acceptors (Lipinski definition) is 4. The highest BCUT2D eigenvalue weighted by Gasteiger charge is 2.41. The quantitative estimate of drug-likeness (QED) is 0.738. The predicted molar refractivity (Wildman–Crippen MR) is 121 cm³/mol. The lowest BCUT2D eigenvalue weighted by Crippen LogP contribution is -2.41. The lowest BCUT2D eigenvalue weighted by molar-refractivity contribution is -0.164. The van der Waals surface area contributed by atoms with Crippen LogP contribution in [0.25, 0.3) is 0 Å². The zero-order valence-corrected chi connectivity index (χ0v) is 18.8. The van der Waals surface area contributed by atoms with Gasteiger partial charge in [0.05, 0.1) is 25.3 Å². The smallest absolute Gasteiger partial charge is 0.272 e. The molecule has 5 heteroatoms. The van der Waals surface area contributed by atoms with Crippen molar-refractivity contribution in [3.63, 3.8) is 0 Å². The minimum Gasteiger partial charge on any atom is -0.391 e. The van der Waals surface area contributed by atoms with E-state index in [9.17, 15) is 9.90 Å². The third-order valence-electron chi connectivity index (χ3n) is 6.63. The molecule has 4 rings (SSSR count). The van der Waals surface area contributed by atoms with Crippen LogP contribution in [0.2, 0.25) is 0 Å². The molecule has 0 radical (unpaired) electrons. The standard InChI is InChI=1S/C26H32N2O3/c1-17(2)21-12-8-11-19-16-23(29)25(24(19)21)28-14-13-20(26(30)27(3)31-4)15-22(28)18-9-6-5-7-10-18/h5-12,15,17,22-23,25,29H,13-14,16H2,1-4H3/t22-,23+,25+/m0/s1. The Kier molecular flexibility index (Phi) is 6.28. The van der Waals surface area contributed by atoms with Crippen molar-refractivity contribution in [2.45, 2.75) is 50.8 Å². The van der Waals surface area contributed by atoms with Crippen LogP contribution in [0.1, 0.15) is 60.5 Å².